The molecular formula is C14H19NO4. The van der Waals surface area contributed by atoms with E-state index in [1.165, 1.54) is 0 Å². The average Bonchev–Trinajstić information content (AvgIpc) is 2.46. The molecule has 5 heteroatoms. The molecule has 19 heavy (non-hydrogen) atoms. The topological polar surface area (TPSA) is 71.7 Å². The number of aliphatic hydroxyl groups excluding tert-OH is 1. The van der Waals surface area contributed by atoms with Gasteiger partial charge < -0.3 is 19.3 Å². The van der Waals surface area contributed by atoms with Gasteiger partial charge in [0.2, 0.25) is 5.75 Å². The van der Waals surface area contributed by atoms with Crippen molar-refractivity contribution >= 4 is 0 Å². The molecule has 1 aromatic rings. The van der Waals surface area contributed by atoms with Crippen molar-refractivity contribution < 1.29 is 19.3 Å². The lowest BCUT2D eigenvalue weighted by molar-refractivity contribution is 0.262. The van der Waals surface area contributed by atoms with Crippen LogP contribution >= 0.6 is 0 Å². The first kappa shape index (κ1) is 15.1. The van der Waals surface area contributed by atoms with Gasteiger partial charge in [-0.15, -0.1) is 0 Å². The maximum absolute atomic E-state index is 9.16. The zero-order valence-electron chi connectivity index (χ0n) is 11.3. The molecule has 0 bridgehead atoms. The Kier molecular flexibility index (Phi) is 6.55. The van der Waals surface area contributed by atoms with E-state index in [0.29, 0.717) is 35.8 Å². The summed E-state index contributed by atoms with van der Waals surface area (Å²) in [6.07, 6.45) is 2.12. The van der Waals surface area contributed by atoms with Crippen LogP contribution in [0, 0.1) is 11.3 Å². The molecule has 0 heterocycles. The largest absolute Gasteiger partial charge is 0.493 e. The van der Waals surface area contributed by atoms with Gasteiger partial charge in [0, 0.05) is 6.42 Å². The second-order valence-corrected chi connectivity index (χ2v) is 3.95. The van der Waals surface area contributed by atoms with E-state index in [2.05, 4.69) is 6.07 Å². The monoisotopic (exact) mass is 265 g/mol. The lowest BCUT2D eigenvalue weighted by atomic mass is 10.2. The van der Waals surface area contributed by atoms with E-state index in [-0.39, 0.29) is 6.61 Å². The second kappa shape index (κ2) is 8.22. The first-order valence-corrected chi connectivity index (χ1v) is 6.12. The van der Waals surface area contributed by atoms with Crippen LogP contribution in [0.1, 0.15) is 24.8 Å². The summed E-state index contributed by atoms with van der Waals surface area (Å²) in [5, 5.41) is 17.6. The van der Waals surface area contributed by atoms with Gasteiger partial charge in [-0.1, -0.05) is 0 Å². The third kappa shape index (κ3) is 4.34. The quantitative estimate of drug-likeness (QED) is 0.730. The van der Waals surface area contributed by atoms with Crippen LogP contribution in [0.2, 0.25) is 0 Å². The van der Waals surface area contributed by atoms with Crippen LogP contribution in [0.4, 0.5) is 0 Å². The lowest BCUT2D eigenvalue weighted by Gasteiger charge is -2.15. The van der Waals surface area contributed by atoms with E-state index < -0.39 is 0 Å². The molecule has 0 saturated heterocycles. The van der Waals surface area contributed by atoms with Gasteiger partial charge >= 0.3 is 0 Å². The standard InChI is InChI=1S/C14H19NO4/c1-17-12-8-11(10-16)9-13(18-2)14(12)19-7-5-3-4-6-15/h8-9,16H,3-5,7,10H2,1-2H3. The minimum atomic E-state index is -0.0881. The molecule has 0 amide bonds. The number of unbranched alkanes of at least 4 members (excludes halogenated alkanes) is 2. The van der Waals surface area contributed by atoms with Crippen molar-refractivity contribution in [3.8, 4) is 23.3 Å². The first-order chi connectivity index (χ1) is 9.26. The maximum atomic E-state index is 9.16. The zero-order valence-corrected chi connectivity index (χ0v) is 11.3. The SMILES string of the molecule is COc1cc(CO)cc(OC)c1OCCCCC#N. The summed E-state index contributed by atoms with van der Waals surface area (Å²) in [5.74, 6) is 1.59. The Balaban J connectivity index is 2.77. The summed E-state index contributed by atoms with van der Waals surface area (Å²) < 4.78 is 16.1. The van der Waals surface area contributed by atoms with Crippen LogP contribution in [0.5, 0.6) is 17.2 Å². The Morgan fingerprint density at radius 2 is 1.79 bits per heavy atom. The fourth-order valence-electron chi connectivity index (χ4n) is 1.65. The number of aliphatic hydroxyl groups is 1. The molecule has 0 spiro atoms. The van der Waals surface area contributed by atoms with Gasteiger partial charge in [0.05, 0.1) is 33.5 Å². The molecule has 0 aliphatic rings. The number of hydrogen-bond acceptors (Lipinski definition) is 5. The summed E-state index contributed by atoms with van der Waals surface area (Å²) in [5.41, 5.74) is 0.700. The molecule has 1 rings (SSSR count). The molecule has 1 aromatic carbocycles. The highest BCUT2D eigenvalue weighted by Gasteiger charge is 2.13. The third-order valence-electron chi connectivity index (χ3n) is 2.63. The minimum Gasteiger partial charge on any atom is -0.493 e. The predicted molar refractivity (Wildman–Crippen MR) is 70.4 cm³/mol. The molecule has 0 atom stereocenters. The van der Waals surface area contributed by atoms with Gasteiger partial charge in [-0.25, -0.2) is 0 Å². The summed E-state index contributed by atoms with van der Waals surface area (Å²) in [6, 6.07) is 5.52. The van der Waals surface area contributed by atoms with Gasteiger partial charge in [0.15, 0.2) is 11.5 Å². The highest BCUT2D eigenvalue weighted by molar-refractivity contribution is 5.53. The predicted octanol–water partition coefficient (Wildman–Crippen LogP) is 2.27. The van der Waals surface area contributed by atoms with Crippen molar-refractivity contribution in [1.82, 2.24) is 0 Å². The summed E-state index contributed by atoms with van der Waals surface area (Å²) in [7, 11) is 3.08. The van der Waals surface area contributed by atoms with Crippen molar-refractivity contribution in [3.05, 3.63) is 17.7 Å². The van der Waals surface area contributed by atoms with Crippen LogP contribution in [-0.2, 0) is 6.61 Å². The number of rotatable bonds is 8. The molecule has 0 fully saturated rings. The Morgan fingerprint density at radius 3 is 2.26 bits per heavy atom. The Morgan fingerprint density at radius 1 is 1.16 bits per heavy atom. The van der Waals surface area contributed by atoms with E-state index in [9.17, 15) is 0 Å². The van der Waals surface area contributed by atoms with E-state index in [1.807, 2.05) is 0 Å². The number of nitriles is 1. The van der Waals surface area contributed by atoms with Crippen molar-refractivity contribution in [1.29, 1.82) is 5.26 Å². The van der Waals surface area contributed by atoms with E-state index in [1.54, 1.807) is 26.4 Å². The van der Waals surface area contributed by atoms with Crippen molar-refractivity contribution in [2.45, 2.75) is 25.9 Å². The smallest absolute Gasteiger partial charge is 0.203 e. The second-order valence-electron chi connectivity index (χ2n) is 3.95. The van der Waals surface area contributed by atoms with Crippen molar-refractivity contribution in [3.63, 3.8) is 0 Å². The summed E-state index contributed by atoms with van der Waals surface area (Å²) in [4.78, 5) is 0. The molecule has 1 N–H and O–H groups in total. The number of hydrogen-bond donors (Lipinski definition) is 1. The molecule has 0 aliphatic heterocycles. The van der Waals surface area contributed by atoms with Crippen LogP contribution in [0.25, 0.3) is 0 Å². The third-order valence-corrected chi connectivity index (χ3v) is 2.63. The van der Waals surface area contributed by atoms with Crippen molar-refractivity contribution in [2.24, 2.45) is 0 Å². The number of methoxy groups -OCH3 is 2. The Labute approximate surface area is 113 Å². The van der Waals surface area contributed by atoms with Gasteiger partial charge in [0.1, 0.15) is 0 Å². The fourth-order valence-corrected chi connectivity index (χ4v) is 1.65. The summed E-state index contributed by atoms with van der Waals surface area (Å²) >= 11 is 0. The molecule has 0 aliphatic carbocycles. The van der Waals surface area contributed by atoms with Gasteiger partial charge in [0.25, 0.3) is 0 Å². The molecule has 0 unspecified atom stereocenters. The lowest BCUT2D eigenvalue weighted by Crippen LogP contribution is -2.02. The first-order valence-electron chi connectivity index (χ1n) is 6.12. The Bertz CT molecular complexity index is 415. The number of nitrogens with zero attached hydrogens (tertiary/aromatic N) is 1. The van der Waals surface area contributed by atoms with Crippen LogP contribution < -0.4 is 14.2 Å². The molecule has 104 valence electrons. The molecule has 0 saturated carbocycles. The molecule has 0 radical (unpaired) electrons. The van der Waals surface area contributed by atoms with Crippen LogP contribution in [0.15, 0.2) is 12.1 Å². The highest BCUT2D eigenvalue weighted by Crippen LogP contribution is 2.38. The highest BCUT2D eigenvalue weighted by atomic mass is 16.5. The van der Waals surface area contributed by atoms with Gasteiger partial charge in [-0.2, -0.15) is 5.26 Å². The molecule has 0 aromatic heterocycles. The zero-order chi connectivity index (χ0) is 14.1. The average molecular weight is 265 g/mol. The van der Waals surface area contributed by atoms with Gasteiger partial charge in [-0.05, 0) is 30.5 Å². The van der Waals surface area contributed by atoms with E-state index in [0.717, 1.165) is 12.8 Å². The number of benzene rings is 1. The van der Waals surface area contributed by atoms with Crippen LogP contribution in [-0.4, -0.2) is 25.9 Å². The van der Waals surface area contributed by atoms with Gasteiger partial charge in [-0.3, -0.25) is 0 Å². The normalized spacial score (nSPS) is 9.79. The Hall–Kier alpha value is -1.93. The minimum absolute atomic E-state index is 0.0881. The summed E-state index contributed by atoms with van der Waals surface area (Å²) in [6.45, 7) is 0.405. The van der Waals surface area contributed by atoms with E-state index >= 15 is 0 Å². The molecule has 5 nitrogen and oxygen atoms in total. The number of ether oxygens (including phenoxy) is 3. The van der Waals surface area contributed by atoms with Crippen molar-refractivity contribution in [2.75, 3.05) is 20.8 Å². The molecular weight excluding hydrogens is 246 g/mol. The maximum Gasteiger partial charge on any atom is 0.203 e. The van der Waals surface area contributed by atoms with E-state index in [4.69, 9.17) is 24.6 Å². The fraction of sp³-hybridized carbons (Fsp3) is 0.500. The van der Waals surface area contributed by atoms with Crippen LogP contribution in [0.3, 0.4) is 0 Å².